The van der Waals surface area contributed by atoms with Gasteiger partial charge in [-0.1, -0.05) is 12.1 Å². The largest absolute Gasteiger partial charge is 0.316 e. The van der Waals surface area contributed by atoms with Gasteiger partial charge in [-0.3, -0.25) is 9.88 Å². The fourth-order valence-corrected chi connectivity index (χ4v) is 3.79. The highest BCUT2D eigenvalue weighted by atomic mass is 15.2. The van der Waals surface area contributed by atoms with Gasteiger partial charge in [-0.15, -0.1) is 0 Å². The molecule has 2 fully saturated rings. The van der Waals surface area contributed by atoms with Crippen molar-refractivity contribution in [3.8, 4) is 0 Å². The molecule has 1 atom stereocenters. The molecule has 1 spiro atoms. The lowest BCUT2D eigenvalue weighted by Gasteiger charge is -2.22. The Morgan fingerprint density at radius 1 is 1.25 bits per heavy atom. The van der Waals surface area contributed by atoms with Gasteiger partial charge in [0.25, 0.3) is 0 Å². The van der Waals surface area contributed by atoms with Gasteiger partial charge < -0.3 is 5.32 Å². The minimum Gasteiger partial charge on any atom is -0.316 e. The molecule has 2 aromatic rings. The van der Waals surface area contributed by atoms with E-state index in [2.05, 4.69) is 39.5 Å². The molecule has 20 heavy (non-hydrogen) atoms. The SMILES string of the molecule is c1cnc2ccc(CN3CCC4(CCNC4)C3)cc2c1. The lowest BCUT2D eigenvalue weighted by Crippen LogP contribution is -2.28. The third-order valence-electron chi connectivity index (χ3n) is 4.92. The van der Waals surface area contributed by atoms with Gasteiger partial charge in [-0.05, 0) is 55.1 Å². The van der Waals surface area contributed by atoms with Gasteiger partial charge in [0.05, 0.1) is 5.52 Å². The van der Waals surface area contributed by atoms with E-state index in [9.17, 15) is 0 Å². The molecule has 3 heterocycles. The molecule has 0 saturated carbocycles. The van der Waals surface area contributed by atoms with Gasteiger partial charge >= 0.3 is 0 Å². The molecule has 2 aliphatic rings. The summed E-state index contributed by atoms with van der Waals surface area (Å²) in [4.78, 5) is 7.01. The van der Waals surface area contributed by atoms with E-state index in [0.717, 1.165) is 12.1 Å². The highest BCUT2D eigenvalue weighted by Crippen LogP contribution is 2.36. The van der Waals surface area contributed by atoms with Crippen LogP contribution in [0.4, 0.5) is 0 Å². The van der Waals surface area contributed by atoms with Gasteiger partial charge in [0.1, 0.15) is 0 Å². The normalized spacial score (nSPS) is 26.8. The second-order valence-electron chi connectivity index (χ2n) is 6.42. The number of likely N-dealkylation sites (tertiary alicyclic amines) is 1. The maximum Gasteiger partial charge on any atom is 0.0702 e. The topological polar surface area (TPSA) is 28.2 Å². The summed E-state index contributed by atoms with van der Waals surface area (Å²) >= 11 is 0. The number of hydrogen-bond donors (Lipinski definition) is 1. The van der Waals surface area contributed by atoms with E-state index in [1.54, 1.807) is 0 Å². The Morgan fingerprint density at radius 2 is 2.25 bits per heavy atom. The van der Waals surface area contributed by atoms with Crippen molar-refractivity contribution in [2.75, 3.05) is 26.2 Å². The van der Waals surface area contributed by atoms with E-state index in [4.69, 9.17) is 0 Å². The zero-order valence-corrected chi connectivity index (χ0v) is 11.8. The van der Waals surface area contributed by atoms with Crippen molar-refractivity contribution in [3.63, 3.8) is 0 Å². The van der Waals surface area contributed by atoms with Gasteiger partial charge in [-0.25, -0.2) is 0 Å². The number of aromatic nitrogens is 1. The van der Waals surface area contributed by atoms with Crippen LogP contribution in [0.25, 0.3) is 10.9 Å². The third-order valence-corrected chi connectivity index (χ3v) is 4.92. The Balaban J connectivity index is 1.50. The summed E-state index contributed by atoms with van der Waals surface area (Å²) in [5.41, 5.74) is 3.07. The molecular weight excluding hydrogens is 246 g/mol. The zero-order chi connectivity index (χ0) is 13.4. The Labute approximate surface area is 120 Å². The fourth-order valence-electron chi connectivity index (χ4n) is 3.79. The van der Waals surface area contributed by atoms with Crippen LogP contribution >= 0.6 is 0 Å². The summed E-state index contributed by atoms with van der Waals surface area (Å²) in [5.74, 6) is 0. The molecule has 104 valence electrons. The highest BCUT2D eigenvalue weighted by Gasteiger charge is 2.39. The van der Waals surface area contributed by atoms with Crippen molar-refractivity contribution < 1.29 is 0 Å². The van der Waals surface area contributed by atoms with Crippen molar-refractivity contribution in [2.24, 2.45) is 5.41 Å². The number of nitrogens with zero attached hydrogens (tertiary/aromatic N) is 2. The highest BCUT2D eigenvalue weighted by molar-refractivity contribution is 5.78. The minimum absolute atomic E-state index is 0.568. The van der Waals surface area contributed by atoms with Crippen LogP contribution in [0.3, 0.4) is 0 Å². The van der Waals surface area contributed by atoms with Crippen LogP contribution < -0.4 is 5.32 Å². The second-order valence-corrected chi connectivity index (χ2v) is 6.42. The van der Waals surface area contributed by atoms with Gasteiger partial charge in [0, 0.05) is 31.2 Å². The lowest BCUT2D eigenvalue weighted by molar-refractivity contribution is 0.269. The average Bonchev–Trinajstić information content (AvgIpc) is 3.09. The number of fused-ring (bicyclic) bond motifs is 1. The molecule has 3 heteroatoms. The molecule has 0 amide bonds. The molecule has 2 aliphatic heterocycles. The smallest absolute Gasteiger partial charge is 0.0702 e. The molecule has 1 unspecified atom stereocenters. The first-order valence-electron chi connectivity index (χ1n) is 7.60. The van der Waals surface area contributed by atoms with Crippen molar-refractivity contribution >= 4 is 10.9 Å². The van der Waals surface area contributed by atoms with E-state index < -0.39 is 0 Å². The summed E-state index contributed by atoms with van der Waals surface area (Å²) in [6.45, 7) is 5.99. The Bertz CT molecular complexity index is 616. The van der Waals surface area contributed by atoms with Gasteiger partial charge in [-0.2, -0.15) is 0 Å². The van der Waals surface area contributed by atoms with Crippen LogP contribution in [-0.2, 0) is 6.54 Å². The third kappa shape index (κ3) is 2.21. The van der Waals surface area contributed by atoms with Crippen molar-refractivity contribution in [1.82, 2.24) is 15.2 Å². The monoisotopic (exact) mass is 267 g/mol. The molecule has 1 aromatic heterocycles. The van der Waals surface area contributed by atoms with E-state index in [1.165, 1.54) is 50.0 Å². The molecule has 4 rings (SSSR count). The maximum atomic E-state index is 4.39. The van der Waals surface area contributed by atoms with Crippen molar-refractivity contribution in [2.45, 2.75) is 19.4 Å². The van der Waals surface area contributed by atoms with Crippen LogP contribution in [0.5, 0.6) is 0 Å². The lowest BCUT2D eigenvalue weighted by atomic mass is 9.86. The van der Waals surface area contributed by atoms with Crippen LogP contribution in [0.15, 0.2) is 36.5 Å². The van der Waals surface area contributed by atoms with Gasteiger partial charge in [0.2, 0.25) is 0 Å². The molecule has 3 nitrogen and oxygen atoms in total. The minimum atomic E-state index is 0.568. The van der Waals surface area contributed by atoms with E-state index >= 15 is 0 Å². The van der Waals surface area contributed by atoms with Crippen LogP contribution in [0, 0.1) is 5.41 Å². The number of pyridine rings is 1. The van der Waals surface area contributed by atoms with Gasteiger partial charge in [0.15, 0.2) is 0 Å². The first-order chi connectivity index (χ1) is 9.83. The van der Waals surface area contributed by atoms with E-state index in [1.807, 2.05) is 12.3 Å². The fraction of sp³-hybridized carbons (Fsp3) is 0.471. The molecule has 0 radical (unpaired) electrons. The molecule has 0 aliphatic carbocycles. The summed E-state index contributed by atoms with van der Waals surface area (Å²) in [6.07, 6.45) is 4.57. The quantitative estimate of drug-likeness (QED) is 0.905. The predicted molar refractivity (Wildman–Crippen MR) is 81.6 cm³/mol. The maximum absolute atomic E-state index is 4.39. The number of rotatable bonds is 2. The summed E-state index contributed by atoms with van der Waals surface area (Å²) < 4.78 is 0. The Hall–Kier alpha value is -1.45. The van der Waals surface area contributed by atoms with Crippen LogP contribution in [0.2, 0.25) is 0 Å². The first-order valence-corrected chi connectivity index (χ1v) is 7.60. The summed E-state index contributed by atoms with van der Waals surface area (Å²) in [6, 6.07) is 10.8. The first kappa shape index (κ1) is 12.3. The Kier molecular flexibility index (Phi) is 2.97. The second kappa shape index (κ2) is 4.83. The van der Waals surface area contributed by atoms with Crippen LogP contribution in [-0.4, -0.2) is 36.1 Å². The molecule has 0 bridgehead atoms. The average molecular weight is 267 g/mol. The molecule has 1 aromatic carbocycles. The molecule has 2 saturated heterocycles. The molecule has 1 N–H and O–H groups in total. The summed E-state index contributed by atoms with van der Waals surface area (Å²) in [5, 5.41) is 4.78. The number of benzene rings is 1. The molecular formula is C17H21N3. The summed E-state index contributed by atoms with van der Waals surface area (Å²) in [7, 11) is 0. The van der Waals surface area contributed by atoms with E-state index in [0.29, 0.717) is 5.41 Å². The van der Waals surface area contributed by atoms with Crippen molar-refractivity contribution in [3.05, 3.63) is 42.1 Å². The number of nitrogens with one attached hydrogen (secondary N) is 1. The number of hydrogen-bond acceptors (Lipinski definition) is 3. The van der Waals surface area contributed by atoms with Crippen LogP contribution in [0.1, 0.15) is 18.4 Å². The standard InChI is InChI=1S/C17H21N3/c1-2-15-10-14(3-4-16(15)19-7-1)11-20-9-6-17(13-20)5-8-18-12-17/h1-4,7,10,18H,5-6,8-9,11-13H2. The van der Waals surface area contributed by atoms with Crippen molar-refractivity contribution in [1.29, 1.82) is 0 Å². The predicted octanol–water partition coefficient (Wildman–Crippen LogP) is 2.42. The Morgan fingerprint density at radius 3 is 3.15 bits per heavy atom. The van der Waals surface area contributed by atoms with E-state index in [-0.39, 0.29) is 0 Å². The zero-order valence-electron chi connectivity index (χ0n) is 11.8.